The highest BCUT2D eigenvalue weighted by atomic mass is 32.1. The number of terminal acetylenes is 1. The summed E-state index contributed by atoms with van der Waals surface area (Å²) in [5.41, 5.74) is 0.379. The number of thiophene rings is 1. The van der Waals surface area contributed by atoms with Crippen LogP contribution in [0.3, 0.4) is 0 Å². The molecule has 1 amide bonds. The molecule has 23 heavy (non-hydrogen) atoms. The Hall–Kier alpha value is -2.49. The van der Waals surface area contributed by atoms with E-state index in [0.29, 0.717) is 15.0 Å². The summed E-state index contributed by atoms with van der Waals surface area (Å²) in [5, 5.41) is 1.93. The highest BCUT2D eigenvalue weighted by molar-refractivity contribution is 7.16. The number of para-hydroxylation sites is 1. The molecule has 3 nitrogen and oxygen atoms in total. The van der Waals surface area contributed by atoms with Crippen LogP contribution in [0.15, 0.2) is 46.8 Å². The fourth-order valence-corrected chi connectivity index (χ4v) is 3.75. The minimum absolute atomic E-state index is 0.154. The summed E-state index contributed by atoms with van der Waals surface area (Å²) in [6.07, 6.45) is 8.46. The molecule has 0 bridgehead atoms. The zero-order valence-electron chi connectivity index (χ0n) is 11.9. The number of aromatic nitrogens is 1. The lowest BCUT2D eigenvalue weighted by Crippen LogP contribution is -2.16. The van der Waals surface area contributed by atoms with E-state index < -0.39 is 5.91 Å². The van der Waals surface area contributed by atoms with E-state index in [1.807, 2.05) is 17.5 Å². The minimum atomic E-state index is -0.406. The molecule has 3 rings (SSSR count). The van der Waals surface area contributed by atoms with E-state index in [0.717, 1.165) is 4.88 Å². The zero-order chi connectivity index (χ0) is 16.2. The van der Waals surface area contributed by atoms with Crippen molar-refractivity contribution in [1.82, 2.24) is 4.57 Å². The van der Waals surface area contributed by atoms with E-state index in [2.05, 4.69) is 10.9 Å². The molecule has 0 saturated heterocycles. The van der Waals surface area contributed by atoms with Crippen LogP contribution in [-0.4, -0.2) is 10.5 Å². The van der Waals surface area contributed by atoms with Gasteiger partial charge in [0.15, 0.2) is 4.80 Å². The molecule has 0 fully saturated rings. The maximum atomic E-state index is 14.0. The van der Waals surface area contributed by atoms with Crippen LogP contribution in [0.1, 0.15) is 4.88 Å². The van der Waals surface area contributed by atoms with E-state index in [4.69, 9.17) is 6.42 Å². The Morgan fingerprint density at radius 1 is 1.39 bits per heavy atom. The average Bonchev–Trinajstić information content (AvgIpc) is 3.15. The molecule has 2 heterocycles. The third kappa shape index (κ3) is 3.31. The number of carbonyl (C=O) groups is 1. The van der Waals surface area contributed by atoms with Gasteiger partial charge in [-0.2, -0.15) is 4.99 Å². The molecule has 2 aromatic heterocycles. The standard InChI is InChI=1S/C17H11FN2OS2/c1-2-10-20-16-13(18)6-3-7-14(16)23-17(20)19-15(21)9-8-12-5-4-11-22-12/h1,3-9,11H,10H2/b9-8+,19-17?. The lowest BCUT2D eigenvalue weighted by molar-refractivity contribution is -0.113. The summed E-state index contributed by atoms with van der Waals surface area (Å²) in [5.74, 6) is 1.69. The minimum Gasteiger partial charge on any atom is -0.302 e. The highest BCUT2D eigenvalue weighted by Gasteiger charge is 2.10. The molecule has 114 valence electrons. The molecule has 0 saturated carbocycles. The molecular weight excluding hydrogens is 331 g/mol. The second kappa shape index (κ2) is 6.73. The van der Waals surface area contributed by atoms with Gasteiger partial charge >= 0.3 is 0 Å². The molecule has 0 N–H and O–H groups in total. The number of nitrogens with zero attached hydrogens (tertiary/aromatic N) is 2. The van der Waals surface area contributed by atoms with Crippen molar-refractivity contribution >= 4 is 44.9 Å². The first-order chi connectivity index (χ1) is 11.2. The van der Waals surface area contributed by atoms with E-state index in [9.17, 15) is 9.18 Å². The van der Waals surface area contributed by atoms with Crippen molar-refractivity contribution in [3.63, 3.8) is 0 Å². The van der Waals surface area contributed by atoms with Crippen LogP contribution in [0.2, 0.25) is 0 Å². The van der Waals surface area contributed by atoms with Gasteiger partial charge in [0.25, 0.3) is 5.91 Å². The van der Waals surface area contributed by atoms with Gasteiger partial charge in [-0.05, 0) is 29.7 Å². The molecule has 0 radical (unpaired) electrons. The Morgan fingerprint density at radius 2 is 2.26 bits per heavy atom. The van der Waals surface area contributed by atoms with Gasteiger partial charge in [0.1, 0.15) is 5.82 Å². The van der Waals surface area contributed by atoms with Crippen LogP contribution in [-0.2, 0) is 11.3 Å². The van der Waals surface area contributed by atoms with E-state index in [1.54, 1.807) is 22.8 Å². The van der Waals surface area contributed by atoms with Gasteiger partial charge < -0.3 is 4.57 Å². The number of benzene rings is 1. The molecule has 0 spiro atoms. The van der Waals surface area contributed by atoms with E-state index in [1.165, 1.54) is 34.8 Å². The third-order valence-electron chi connectivity index (χ3n) is 3.04. The number of hydrogen-bond acceptors (Lipinski definition) is 3. The SMILES string of the molecule is C#CCn1c(=NC(=O)/C=C/c2cccs2)sc2cccc(F)c21. The number of thiazole rings is 1. The summed E-state index contributed by atoms with van der Waals surface area (Å²) >= 11 is 2.77. The Labute approximate surface area is 140 Å². The Balaban J connectivity index is 2.05. The van der Waals surface area contributed by atoms with Crippen molar-refractivity contribution in [1.29, 1.82) is 0 Å². The Morgan fingerprint density at radius 3 is 3.00 bits per heavy atom. The maximum absolute atomic E-state index is 14.0. The molecule has 6 heteroatoms. The van der Waals surface area contributed by atoms with E-state index in [-0.39, 0.29) is 12.4 Å². The summed E-state index contributed by atoms with van der Waals surface area (Å²) in [6, 6.07) is 8.57. The number of rotatable bonds is 3. The molecule has 0 atom stereocenters. The molecule has 0 aliphatic rings. The monoisotopic (exact) mass is 342 g/mol. The first-order valence-electron chi connectivity index (χ1n) is 6.70. The van der Waals surface area contributed by atoms with Gasteiger partial charge in [-0.3, -0.25) is 4.79 Å². The largest absolute Gasteiger partial charge is 0.302 e. The molecule has 3 aromatic rings. The number of fused-ring (bicyclic) bond motifs is 1. The number of halogens is 1. The predicted molar refractivity (Wildman–Crippen MR) is 92.5 cm³/mol. The Kier molecular flexibility index (Phi) is 4.51. The van der Waals surface area contributed by atoms with Crippen LogP contribution < -0.4 is 4.80 Å². The first-order valence-corrected chi connectivity index (χ1v) is 8.40. The van der Waals surface area contributed by atoms with Gasteiger partial charge in [-0.25, -0.2) is 4.39 Å². The molecular formula is C17H11FN2OS2. The van der Waals surface area contributed by atoms with Crippen molar-refractivity contribution in [2.75, 3.05) is 0 Å². The lowest BCUT2D eigenvalue weighted by atomic mass is 10.3. The molecule has 0 aliphatic carbocycles. The fourth-order valence-electron chi connectivity index (χ4n) is 2.08. The maximum Gasteiger partial charge on any atom is 0.272 e. The predicted octanol–water partition coefficient (Wildman–Crippen LogP) is 3.68. The van der Waals surface area contributed by atoms with E-state index >= 15 is 0 Å². The summed E-state index contributed by atoms with van der Waals surface area (Å²) in [4.78, 5) is 17.4. The smallest absolute Gasteiger partial charge is 0.272 e. The van der Waals surface area contributed by atoms with Crippen LogP contribution in [0.4, 0.5) is 4.39 Å². The third-order valence-corrected chi connectivity index (χ3v) is 4.92. The summed E-state index contributed by atoms with van der Waals surface area (Å²) < 4.78 is 16.3. The van der Waals surface area contributed by atoms with Crippen LogP contribution >= 0.6 is 22.7 Å². The van der Waals surface area contributed by atoms with Crippen LogP contribution in [0.25, 0.3) is 16.3 Å². The van der Waals surface area contributed by atoms with Crippen molar-refractivity contribution in [3.05, 3.63) is 57.3 Å². The second-order valence-electron chi connectivity index (χ2n) is 4.56. The van der Waals surface area contributed by atoms with Gasteiger partial charge in [-0.1, -0.05) is 29.4 Å². The highest BCUT2D eigenvalue weighted by Crippen LogP contribution is 2.20. The van der Waals surface area contributed by atoms with Gasteiger partial charge in [0.2, 0.25) is 0 Å². The molecule has 1 aromatic carbocycles. The Bertz CT molecular complexity index is 988. The number of hydrogen-bond donors (Lipinski definition) is 0. The van der Waals surface area contributed by atoms with Gasteiger partial charge in [0.05, 0.1) is 16.8 Å². The fraction of sp³-hybridized carbons (Fsp3) is 0.0588. The van der Waals surface area contributed by atoms with Crippen LogP contribution in [0.5, 0.6) is 0 Å². The summed E-state index contributed by atoms with van der Waals surface area (Å²) in [6.45, 7) is 0.154. The van der Waals surface area contributed by atoms with Crippen molar-refractivity contribution in [2.45, 2.75) is 6.54 Å². The van der Waals surface area contributed by atoms with Gasteiger partial charge in [-0.15, -0.1) is 17.8 Å². The second-order valence-corrected chi connectivity index (χ2v) is 6.55. The quantitative estimate of drug-likeness (QED) is 0.528. The molecule has 0 unspecified atom stereocenters. The number of amides is 1. The molecule has 0 aliphatic heterocycles. The summed E-state index contributed by atoms with van der Waals surface area (Å²) in [7, 11) is 0. The van der Waals surface area contributed by atoms with Crippen molar-refractivity contribution in [3.8, 4) is 12.3 Å². The number of carbonyl (C=O) groups excluding carboxylic acids is 1. The normalized spacial score (nSPS) is 12.1. The first kappa shape index (κ1) is 15.4. The topological polar surface area (TPSA) is 34.4 Å². The zero-order valence-corrected chi connectivity index (χ0v) is 13.5. The van der Waals surface area contributed by atoms with Gasteiger partial charge in [0, 0.05) is 11.0 Å². The van der Waals surface area contributed by atoms with Crippen LogP contribution in [0, 0.1) is 18.2 Å². The average molecular weight is 342 g/mol. The lowest BCUT2D eigenvalue weighted by Gasteiger charge is -2.00. The van der Waals surface area contributed by atoms with Crippen molar-refractivity contribution in [2.24, 2.45) is 4.99 Å². The van der Waals surface area contributed by atoms with Crippen molar-refractivity contribution < 1.29 is 9.18 Å².